The van der Waals surface area contributed by atoms with Gasteiger partial charge < -0.3 is 0 Å². The molecule has 0 saturated carbocycles. The van der Waals surface area contributed by atoms with Crippen LogP contribution in [0.5, 0.6) is 0 Å². The van der Waals surface area contributed by atoms with Gasteiger partial charge in [0.15, 0.2) is 5.82 Å². The summed E-state index contributed by atoms with van der Waals surface area (Å²) in [5, 5.41) is 0. The molecule has 5 nitrogen and oxygen atoms in total. The highest BCUT2D eigenvalue weighted by Gasteiger charge is 2.37. The Bertz CT molecular complexity index is 545. The third kappa shape index (κ3) is 1.10. The van der Waals surface area contributed by atoms with E-state index >= 15 is 0 Å². The van der Waals surface area contributed by atoms with E-state index in [-0.39, 0.29) is 17.6 Å². The first-order valence-electron chi connectivity index (χ1n) is 4.54. The minimum Gasteiger partial charge on any atom is -0.268 e. The Morgan fingerprint density at radius 1 is 1.06 bits per heavy atom. The van der Waals surface area contributed by atoms with Crippen molar-refractivity contribution in [3.63, 3.8) is 0 Å². The summed E-state index contributed by atoms with van der Waals surface area (Å²) >= 11 is 0.963. The van der Waals surface area contributed by atoms with Crippen molar-refractivity contribution in [3.8, 4) is 0 Å². The molecule has 2 amide bonds. The van der Waals surface area contributed by atoms with Gasteiger partial charge in [-0.25, -0.2) is 4.90 Å². The molecule has 0 radical (unpaired) electrons. The van der Waals surface area contributed by atoms with Crippen LogP contribution in [0.4, 0.5) is 5.82 Å². The molecular formula is C10H5N3O2S. The molecule has 0 aliphatic carbocycles. The standard InChI is InChI=1S/C10H5N3O2S/c14-9-6-3-1-2-4-7(6)10(15)13(9)8-5-11-16-12-8/h1-5H. The van der Waals surface area contributed by atoms with E-state index in [9.17, 15) is 9.59 Å². The highest BCUT2D eigenvalue weighted by molar-refractivity contribution is 6.99. The molecule has 16 heavy (non-hydrogen) atoms. The van der Waals surface area contributed by atoms with Crippen molar-refractivity contribution in [2.75, 3.05) is 4.90 Å². The number of carbonyl (C=O) groups is 2. The monoisotopic (exact) mass is 231 g/mol. The lowest BCUT2D eigenvalue weighted by atomic mass is 10.1. The summed E-state index contributed by atoms with van der Waals surface area (Å²) in [6.45, 7) is 0. The summed E-state index contributed by atoms with van der Waals surface area (Å²) in [5.74, 6) is -0.391. The van der Waals surface area contributed by atoms with Gasteiger partial charge in [0.2, 0.25) is 0 Å². The van der Waals surface area contributed by atoms with Gasteiger partial charge >= 0.3 is 0 Å². The number of fused-ring (bicyclic) bond motifs is 1. The molecule has 3 rings (SSSR count). The number of amides is 2. The Hall–Kier alpha value is -2.08. The number of imide groups is 1. The predicted octanol–water partition coefficient (Wildman–Crippen LogP) is 1.34. The Morgan fingerprint density at radius 2 is 1.69 bits per heavy atom. The molecule has 1 aromatic carbocycles. The number of carbonyl (C=O) groups excluding carboxylic acids is 2. The zero-order chi connectivity index (χ0) is 11.1. The third-order valence-electron chi connectivity index (χ3n) is 2.37. The average molecular weight is 231 g/mol. The van der Waals surface area contributed by atoms with Crippen LogP contribution in [0.1, 0.15) is 20.7 Å². The van der Waals surface area contributed by atoms with Gasteiger partial charge in [-0.1, -0.05) is 12.1 Å². The Kier molecular flexibility index (Phi) is 1.84. The van der Waals surface area contributed by atoms with Gasteiger partial charge in [0, 0.05) is 0 Å². The van der Waals surface area contributed by atoms with Gasteiger partial charge in [-0.05, 0) is 12.1 Å². The lowest BCUT2D eigenvalue weighted by molar-refractivity contribution is 0.0925. The first kappa shape index (κ1) is 9.17. The van der Waals surface area contributed by atoms with E-state index in [4.69, 9.17) is 0 Å². The number of hydrogen-bond donors (Lipinski definition) is 0. The molecule has 78 valence electrons. The lowest BCUT2D eigenvalue weighted by Gasteiger charge is -2.07. The molecule has 0 spiro atoms. The highest BCUT2D eigenvalue weighted by atomic mass is 32.1. The van der Waals surface area contributed by atoms with Crippen LogP contribution in [-0.4, -0.2) is 20.6 Å². The van der Waals surface area contributed by atoms with Gasteiger partial charge in [0.25, 0.3) is 11.8 Å². The smallest absolute Gasteiger partial charge is 0.267 e. The third-order valence-corrected chi connectivity index (χ3v) is 2.84. The number of rotatable bonds is 1. The van der Waals surface area contributed by atoms with E-state index in [1.54, 1.807) is 24.3 Å². The SMILES string of the molecule is O=C1c2ccccc2C(=O)N1c1cnsn1. The van der Waals surface area contributed by atoms with Crippen LogP contribution < -0.4 is 4.90 Å². The van der Waals surface area contributed by atoms with Crippen molar-refractivity contribution >= 4 is 29.4 Å². The molecule has 0 atom stereocenters. The van der Waals surface area contributed by atoms with Crippen LogP contribution in [0.15, 0.2) is 30.5 Å². The molecule has 1 aliphatic heterocycles. The maximum absolute atomic E-state index is 11.9. The number of hydrogen-bond acceptors (Lipinski definition) is 5. The maximum Gasteiger partial charge on any atom is 0.267 e. The summed E-state index contributed by atoms with van der Waals surface area (Å²) in [7, 11) is 0. The number of benzene rings is 1. The quantitative estimate of drug-likeness (QED) is 0.695. The van der Waals surface area contributed by atoms with Crippen molar-refractivity contribution in [1.29, 1.82) is 0 Å². The fraction of sp³-hybridized carbons (Fsp3) is 0. The van der Waals surface area contributed by atoms with Gasteiger partial charge in [0.1, 0.15) is 0 Å². The Morgan fingerprint density at radius 3 is 2.19 bits per heavy atom. The molecule has 2 heterocycles. The fourth-order valence-electron chi connectivity index (χ4n) is 1.66. The second kappa shape index (κ2) is 3.21. The van der Waals surface area contributed by atoms with Crippen molar-refractivity contribution in [1.82, 2.24) is 8.75 Å². The molecule has 2 aromatic rings. The van der Waals surface area contributed by atoms with Crippen LogP contribution in [-0.2, 0) is 0 Å². The summed E-state index contributed by atoms with van der Waals surface area (Å²) < 4.78 is 7.68. The zero-order valence-electron chi connectivity index (χ0n) is 7.95. The van der Waals surface area contributed by atoms with Crippen LogP contribution in [0.3, 0.4) is 0 Å². The molecule has 6 heteroatoms. The van der Waals surface area contributed by atoms with Crippen molar-refractivity contribution < 1.29 is 9.59 Å². The van der Waals surface area contributed by atoms with Crippen LogP contribution in [0.25, 0.3) is 0 Å². The zero-order valence-corrected chi connectivity index (χ0v) is 8.77. The fourth-order valence-corrected chi connectivity index (χ4v) is 2.06. The predicted molar refractivity (Wildman–Crippen MR) is 57.5 cm³/mol. The van der Waals surface area contributed by atoms with Crippen LogP contribution in [0.2, 0.25) is 0 Å². The second-order valence-corrected chi connectivity index (χ2v) is 3.81. The summed E-state index contributed by atoms with van der Waals surface area (Å²) in [6.07, 6.45) is 1.41. The molecule has 0 unspecified atom stereocenters. The minimum absolute atomic E-state index is 0.288. The van der Waals surface area contributed by atoms with E-state index in [0.29, 0.717) is 11.1 Å². The van der Waals surface area contributed by atoms with E-state index in [1.165, 1.54) is 6.20 Å². The first-order chi connectivity index (χ1) is 7.79. The summed E-state index contributed by atoms with van der Waals surface area (Å²) in [6, 6.07) is 6.73. The number of anilines is 1. The van der Waals surface area contributed by atoms with Crippen LogP contribution >= 0.6 is 11.7 Å². The highest BCUT2D eigenvalue weighted by Crippen LogP contribution is 2.26. The van der Waals surface area contributed by atoms with E-state index in [2.05, 4.69) is 8.75 Å². The molecule has 0 saturated heterocycles. The van der Waals surface area contributed by atoms with E-state index < -0.39 is 0 Å². The Balaban J connectivity index is 2.15. The van der Waals surface area contributed by atoms with Gasteiger partial charge in [-0.15, -0.1) is 0 Å². The molecule has 1 aliphatic rings. The van der Waals surface area contributed by atoms with Gasteiger partial charge in [-0.3, -0.25) is 9.59 Å². The van der Waals surface area contributed by atoms with E-state index in [1.807, 2.05) is 0 Å². The average Bonchev–Trinajstić information content (AvgIpc) is 2.89. The largest absolute Gasteiger partial charge is 0.268 e. The van der Waals surface area contributed by atoms with Gasteiger partial charge in [-0.2, -0.15) is 8.75 Å². The van der Waals surface area contributed by atoms with Crippen molar-refractivity contribution in [2.24, 2.45) is 0 Å². The first-order valence-corrected chi connectivity index (χ1v) is 5.27. The Labute approximate surface area is 94.7 Å². The minimum atomic E-state index is -0.340. The second-order valence-electron chi connectivity index (χ2n) is 3.26. The van der Waals surface area contributed by atoms with E-state index in [0.717, 1.165) is 16.6 Å². The van der Waals surface area contributed by atoms with Crippen molar-refractivity contribution in [3.05, 3.63) is 41.6 Å². The molecule has 1 aromatic heterocycles. The normalized spacial score (nSPS) is 14.4. The summed E-state index contributed by atoms with van der Waals surface area (Å²) in [5.41, 5.74) is 0.834. The molecule has 0 fully saturated rings. The number of nitrogens with zero attached hydrogens (tertiary/aromatic N) is 3. The lowest BCUT2D eigenvalue weighted by Crippen LogP contribution is -2.29. The van der Waals surface area contributed by atoms with Crippen LogP contribution in [0, 0.1) is 0 Å². The molecule has 0 N–H and O–H groups in total. The number of aromatic nitrogens is 2. The topological polar surface area (TPSA) is 63.2 Å². The molecular weight excluding hydrogens is 226 g/mol. The maximum atomic E-state index is 11.9. The summed E-state index contributed by atoms with van der Waals surface area (Å²) in [4.78, 5) is 24.9. The van der Waals surface area contributed by atoms with Gasteiger partial charge in [0.05, 0.1) is 29.1 Å². The molecule has 0 bridgehead atoms. The van der Waals surface area contributed by atoms with Crippen molar-refractivity contribution in [2.45, 2.75) is 0 Å².